The first-order chi connectivity index (χ1) is 9.04. The van der Waals surface area contributed by atoms with Gasteiger partial charge in [-0.25, -0.2) is 9.59 Å². The lowest BCUT2D eigenvalue weighted by Gasteiger charge is -2.20. The van der Waals surface area contributed by atoms with E-state index in [-0.39, 0.29) is 6.03 Å². The average molecular weight is 265 g/mol. The fourth-order valence-corrected chi connectivity index (χ4v) is 1.53. The molecule has 19 heavy (non-hydrogen) atoms. The fourth-order valence-electron chi connectivity index (χ4n) is 1.53. The number of nitrogens with zero attached hydrogens (tertiary/aromatic N) is 2. The number of amides is 2. The highest BCUT2D eigenvalue weighted by molar-refractivity contribution is 5.82. The molecule has 1 heterocycles. The summed E-state index contributed by atoms with van der Waals surface area (Å²) in [6, 6.07) is 4.38. The molecule has 104 valence electrons. The molecule has 2 amide bonds. The zero-order valence-electron chi connectivity index (χ0n) is 11.2. The standard InChI is InChI=1S/C13H19N3O3/c1-3-11(12(17)18)15-13(19)16(2)9-7-10-6-4-5-8-14-10/h4-6,8,11H,3,7,9H2,1-2H3,(H,15,19)(H,17,18)/t11-/m1/s1. The van der Waals surface area contributed by atoms with Gasteiger partial charge in [0.1, 0.15) is 6.04 Å². The molecule has 0 fully saturated rings. The van der Waals surface area contributed by atoms with E-state index in [1.807, 2.05) is 18.2 Å². The van der Waals surface area contributed by atoms with Crippen LogP contribution in [0.3, 0.4) is 0 Å². The lowest BCUT2D eigenvalue weighted by atomic mass is 10.2. The quantitative estimate of drug-likeness (QED) is 0.807. The van der Waals surface area contributed by atoms with Crippen LogP contribution < -0.4 is 5.32 Å². The number of nitrogens with one attached hydrogen (secondary N) is 1. The summed E-state index contributed by atoms with van der Waals surface area (Å²) in [6.45, 7) is 2.20. The van der Waals surface area contributed by atoms with Gasteiger partial charge in [0.25, 0.3) is 0 Å². The number of hydrogen-bond acceptors (Lipinski definition) is 3. The van der Waals surface area contributed by atoms with Gasteiger partial charge in [-0.2, -0.15) is 0 Å². The molecule has 2 N–H and O–H groups in total. The number of rotatable bonds is 6. The molecule has 6 nitrogen and oxygen atoms in total. The molecule has 0 saturated carbocycles. The molecule has 0 aliphatic carbocycles. The Hall–Kier alpha value is -2.11. The molecular formula is C13H19N3O3. The average Bonchev–Trinajstić information content (AvgIpc) is 2.42. The maximum atomic E-state index is 11.8. The van der Waals surface area contributed by atoms with Crippen LogP contribution in [0.2, 0.25) is 0 Å². The van der Waals surface area contributed by atoms with E-state index in [9.17, 15) is 9.59 Å². The molecule has 0 aliphatic rings. The van der Waals surface area contributed by atoms with Crippen LogP contribution in [0.4, 0.5) is 4.79 Å². The number of carbonyl (C=O) groups is 2. The lowest BCUT2D eigenvalue weighted by molar-refractivity contribution is -0.139. The van der Waals surface area contributed by atoms with Crippen LogP contribution in [0.1, 0.15) is 19.0 Å². The minimum absolute atomic E-state index is 0.356. The number of aliphatic carboxylic acids is 1. The van der Waals surface area contributed by atoms with Crippen LogP contribution in [0, 0.1) is 0 Å². The molecule has 1 rings (SSSR count). The summed E-state index contributed by atoms with van der Waals surface area (Å²) in [4.78, 5) is 28.2. The number of carboxylic acids is 1. The highest BCUT2D eigenvalue weighted by Crippen LogP contribution is 1.98. The van der Waals surface area contributed by atoms with Crippen molar-refractivity contribution in [3.05, 3.63) is 30.1 Å². The molecule has 0 unspecified atom stereocenters. The van der Waals surface area contributed by atoms with Gasteiger partial charge in [0.15, 0.2) is 0 Å². The first-order valence-corrected chi connectivity index (χ1v) is 6.19. The van der Waals surface area contributed by atoms with E-state index in [0.717, 1.165) is 5.69 Å². The van der Waals surface area contributed by atoms with Gasteiger partial charge < -0.3 is 15.3 Å². The molecule has 0 spiro atoms. The molecule has 6 heteroatoms. The molecule has 1 aromatic heterocycles. The molecule has 0 aliphatic heterocycles. The Morgan fingerprint density at radius 3 is 2.74 bits per heavy atom. The van der Waals surface area contributed by atoms with Gasteiger partial charge in [-0.3, -0.25) is 4.98 Å². The topological polar surface area (TPSA) is 82.5 Å². The van der Waals surface area contributed by atoms with Crippen molar-refractivity contribution < 1.29 is 14.7 Å². The number of hydrogen-bond donors (Lipinski definition) is 2. The number of pyridine rings is 1. The lowest BCUT2D eigenvalue weighted by Crippen LogP contribution is -2.46. The van der Waals surface area contributed by atoms with Crippen molar-refractivity contribution in [2.24, 2.45) is 0 Å². The summed E-state index contributed by atoms with van der Waals surface area (Å²) in [5.74, 6) is -1.02. The van der Waals surface area contributed by atoms with Crippen LogP contribution in [0.5, 0.6) is 0 Å². The van der Waals surface area contributed by atoms with E-state index < -0.39 is 12.0 Å². The van der Waals surface area contributed by atoms with Crippen molar-refractivity contribution in [3.8, 4) is 0 Å². The van der Waals surface area contributed by atoms with Crippen LogP contribution >= 0.6 is 0 Å². The maximum absolute atomic E-state index is 11.8. The second-order valence-corrected chi connectivity index (χ2v) is 4.24. The Morgan fingerprint density at radius 2 is 2.21 bits per heavy atom. The fraction of sp³-hybridized carbons (Fsp3) is 0.462. The zero-order valence-corrected chi connectivity index (χ0v) is 11.2. The van der Waals surface area contributed by atoms with Crippen LogP contribution in [-0.2, 0) is 11.2 Å². The highest BCUT2D eigenvalue weighted by atomic mass is 16.4. The SMILES string of the molecule is CC[C@@H](NC(=O)N(C)CCc1ccccn1)C(=O)O. The summed E-state index contributed by atoms with van der Waals surface area (Å²) in [6.07, 6.45) is 2.69. The van der Waals surface area contributed by atoms with Gasteiger partial charge in [0.2, 0.25) is 0 Å². The van der Waals surface area contributed by atoms with Crippen molar-refractivity contribution in [1.29, 1.82) is 0 Å². The minimum atomic E-state index is -1.02. The number of likely N-dealkylation sites (N-methyl/N-ethyl adjacent to an activating group) is 1. The Labute approximate surface area is 112 Å². The van der Waals surface area contributed by atoms with Gasteiger partial charge in [-0.15, -0.1) is 0 Å². The molecule has 0 saturated heterocycles. The largest absolute Gasteiger partial charge is 0.480 e. The molecule has 0 radical (unpaired) electrons. The monoisotopic (exact) mass is 265 g/mol. The van der Waals surface area contributed by atoms with E-state index in [1.165, 1.54) is 4.90 Å². The van der Waals surface area contributed by atoms with Gasteiger partial charge in [-0.05, 0) is 18.6 Å². The predicted octanol–water partition coefficient (Wildman–Crippen LogP) is 1.13. The van der Waals surface area contributed by atoms with E-state index in [2.05, 4.69) is 10.3 Å². The van der Waals surface area contributed by atoms with Gasteiger partial charge >= 0.3 is 12.0 Å². The maximum Gasteiger partial charge on any atom is 0.326 e. The summed E-state index contributed by atoms with van der Waals surface area (Å²) in [7, 11) is 1.63. The molecule has 1 aromatic rings. The van der Waals surface area contributed by atoms with Crippen LogP contribution in [-0.4, -0.2) is 46.6 Å². The normalized spacial score (nSPS) is 11.7. The number of carbonyl (C=O) groups excluding carboxylic acids is 1. The van der Waals surface area contributed by atoms with Crippen molar-refractivity contribution in [2.45, 2.75) is 25.8 Å². The van der Waals surface area contributed by atoms with Gasteiger partial charge in [0, 0.05) is 31.9 Å². The second kappa shape index (κ2) is 7.35. The van der Waals surface area contributed by atoms with Crippen molar-refractivity contribution in [1.82, 2.24) is 15.2 Å². The summed E-state index contributed by atoms with van der Waals surface area (Å²) < 4.78 is 0. The van der Waals surface area contributed by atoms with E-state index >= 15 is 0 Å². The Balaban J connectivity index is 2.42. The third-order valence-electron chi connectivity index (χ3n) is 2.78. The Kier molecular flexibility index (Phi) is 5.78. The number of carboxylic acid groups (broad SMARTS) is 1. The predicted molar refractivity (Wildman–Crippen MR) is 70.8 cm³/mol. The first kappa shape index (κ1) is 14.9. The van der Waals surface area contributed by atoms with Gasteiger partial charge in [0.05, 0.1) is 0 Å². The molecule has 0 bridgehead atoms. The smallest absolute Gasteiger partial charge is 0.326 e. The van der Waals surface area contributed by atoms with E-state index in [0.29, 0.717) is 19.4 Å². The molecular weight excluding hydrogens is 246 g/mol. The summed E-state index contributed by atoms with van der Waals surface area (Å²) >= 11 is 0. The molecule has 1 atom stereocenters. The summed E-state index contributed by atoms with van der Waals surface area (Å²) in [5, 5.41) is 11.3. The Morgan fingerprint density at radius 1 is 1.47 bits per heavy atom. The van der Waals surface area contributed by atoms with Gasteiger partial charge in [-0.1, -0.05) is 13.0 Å². The van der Waals surface area contributed by atoms with E-state index in [1.54, 1.807) is 20.2 Å². The van der Waals surface area contributed by atoms with E-state index in [4.69, 9.17) is 5.11 Å². The third kappa shape index (κ3) is 4.95. The summed E-state index contributed by atoms with van der Waals surface area (Å²) in [5.41, 5.74) is 0.896. The zero-order chi connectivity index (χ0) is 14.3. The van der Waals surface area contributed by atoms with Crippen molar-refractivity contribution in [2.75, 3.05) is 13.6 Å². The van der Waals surface area contributed by atoms with Crippen LogP contribution in [0.15, 0.2) is 24.4 Å². The number of aromatic nitrogens is 1. The highest BCUT2D eigenvalue weighted by Gasteiger charge is 2.19. The van der Waals surface area contributed by atoms with Crippen molar-refractivity contribution >= 4 is 12.0 Å². The minimum Gasteiger partial charge on any atom is -0.480 e. The van der Waals surface area contributed by atoms with Crippen molar-refractivity contribution in [3.63, 3.8) is 0 Å². The van der Waals surface area contributed by atoms with Crippen LogP contribution in [0.25, 0.3) is 0 Å². The second-order valence-electron chi connectivity index (χ2n) is 4.24. The molecule has 0 aromatic carbocycles. The third-order valence-corrected chi connectivity index (χ3v) is 2.78. The first-order valence-electron chi connectivity index (χ1n) is 6.19. The Bertz CT molecular complexity index is 422. The number of urea groups is 1.